The molecule has 1 aliphatic rings. The molecule has 0 fully saturated rings. The van der Waals surface area contributed by atoms with Gasteiger partial charge >= 0.3 is 0 Å². The Morgan fingerprint density at radius 2 is 1.84 bits per heavy atom. The number of aryl methyl sites for hydroxylation is 1. The van der Waals surface area contributed by atoms with Crippen molar-refractivity contribution in [3.63, 3.8) is 0 Å². The molecule has 0 spiro atoms. The minimum atomic E-state index is -0.394. The summed E-state index contributed by atoms with van der Waals surface area (Å²) in [5.41, 5.74) is 3.88. The van der Waals surface area contributed by atoms with Crippen molar-refractivity contribution in [2.24, 2.45) is 0 Å². The maximum absolute atomic E-state index is 13.1. The third kappa shape index (κ3) is 4.62. The van der Waals surface area contributed by atoms with Crippen LogP contribution in [0.5, 0.6) is 0 Å². The Morgan fingerprint density at radius 3 is 2.58 bits per heavy atom. The molecule has 2 amide bonds. The Bertz CT molecular complexity index is 1130. The second kappa shape index (κ2) is 8.90. The minimum Gasteiger partial charge on any atom is -0.326 e. The molecular formula is C25H22ClFN2O2. The first kappa shape index (κ1) is 21.1. The normalized spacial score (nSPS) is 14.0. The number of carbonyl (C=O) groups excluding carboxylic acids is 2. The van der Waals surface area contributed by atoms with Gasteiger partial charge in [0, 0.05) is 28.5 Å². The number of halogens is 2. The van der Waals surface area contributed by atoms with Crippen LogP contribution in [0.15, 0.2) is 66.7 Å². The predicted molar refractivity (Wildman–Crippen MR) is 121 cm³/mol. The summed E-state index contributed by atoms with van der Waals surface area (Å²) in [5, 5.41) is 3.35. The zero-order chi connectivity index (χ0) is 22.0. The Hall–Kier alpha value is -3.18. The Kier molecular flexibility index (Phi) is 6.05. The molecule has 3 aromatic carbocycles. The highest BCUT2D eigenvalue weighted by atomic mass is 35.5. The first-order valence-electron chi connectivity index (χ1n) is 10.2. The van der Waals surface area contributed by atoms with E-state index in [1.54, 1.807) is 29.2 Å². The van der Waals surface area contributed by atoms with E-state index < -0.39 is 5.92 Å². The Morgan fingerprint density at radius 1 is 1.06 bits per heavy atom. The number of nitrogens with one attached hydrogen (secondary N) is 1. The van der Waals surface area contributed by atoms with Gasteiger partial charge in [-0.1, -0.05) is 29.8 Å². The first-order valence-corrected chi connectivity index (χ1v) is 10.6. The smallest absolute Gasteiger partial charge is 0.258 e. The highest BCUT2D eigenvalue weighted by molar-refractivity contribution is 6.31. The van der Waals surface area contributed by atoms with Crippen LogP contribution in [-0.4, -0.2) is 18.4 Å². The van der Waals surface area contributed by atoms with Gasteiger partial charge < -0.3 is 10.2 Å². The van der Waals surface area contributed by atoms with Gasteiger partial charge in [0.2, 0.25) is 5.91 Å². The third-order valence-corrected chi connectivity index (χ3v) is 5.78. The molecule has 4 nitrogen and oxygen atoms in total. The second-order valence-electron chi connectivity index (χ2n) is 7.68. The van der Waals surface area contributed by atoms with Crippen LogP contribution in [-0.2, 0) is 11.2 Å². The number of benzene rings is 3. The topological polar surface area (TPSA) is 49.4 Å². The van der Waals surface area contributed by atoms with E-state index in [1.165, 1.54) is 24.3 Å². The van der Waals surface area contributed by atoms with E-state index in [2.05, 4.69) is 5.32 Å². The number of hydrogen-bond donors (Lipinski definition) is 1. The maximum atomic E-state index is 13.1. The van der Waals surface area contributed by atoms with Gasteiger partial charge in [0.05, 0.1) is 5.92 Å². The van der Waals surface area contributed by atoms with E-state index in [-0.39, 0.29) is 17.6 Å². The Labute approximate surface area is 185 Å². The fourth-order valence-electron chi connectivity index (χ4n) is 3.81. The fraction of sp³-hybridized carbons (Fsp3) is 0.200. The van der Waals surface area contributed by atoms with Crippen molar-refractivity contribution in [2.75, 3.05) is 16.8 Å². The lowest BCUT2D eigenvalue weighted by Crippen LogP contribution is -2.35. The van der Waals surface area contributed by atoms with Crippen LogP contribution >= 0.6 is 11.6 Å². The number of amides is 2. The van der Waals surface area contributed by atoms with Crippen LogP contribution in [0, 0.1) is 5.82 Å². The average molecular weight is 437 g/mol. The standard InChI is InChI=1S/C25H22ClFN2O2/c1-16(24(30)28-22-10-8-21(27)9-11-22)17-7-12-23-18(14-17)5-3-13-29(23)25(31)19-4-2-6-20(26)15-19/h2,4,6-12,14-16H,3,5,13H2,1H3,(H,28,30)/t16-/m0/s1. The molecule has 0 saturated heterocycles. The van der Waals surface area contributed by atoms with Crippen LogP contribution in [0.2, 0.25) is 5.02 Å². The van der Waals surface area contributed by atoms with Gasteiger partial charge in [0.25, 0.3) is 5.91 Å². The maximum Gasteiger partial charge on any atom is 0.258 e. The molecule has 0 radical (unpaired) electrons. The van der Waals surface area contributed by atoms with E-state index in [0.717, 1.165) is 29.7 Å². The molecule has 1 heterocycles. The minimum absolute atomic E-state index is 0.0849. The SMILES string of the molecule is C[C@H](C(=O)Nc1ccc(F)cc1)c1ccc2c(c1)CCCN2C(=O)c1cccc(Cl)c1. The van der Waals surface area contributed by atoms with Gasteiger partial charge in [-0.2, -0.15) is 0 Å². The van der Waals surface area contributed by atoms with E-state index in [9.17, 15) is 14.0 Å². The summed E-state index contributed by atoms with van der Waals surface area (Å²) in [7, 11) is 0. The van der Waals surface area contributed by atoms with Crippen molar-refractivity contribution in [3.8, 4) is 0 Å². The van der Waals surface area contributed by atoms with Gasteiger partial charge in [-0.05, 0) is 79.4 Å². The first-order chi connectivity index (χ1) is 14.9. The third-order valence-electron chi connectivity index (χ3n) is 5.54. The number of hydrogen-bond acceptors (Lipinski definition) is 2. The van der Waals surface area contributed by atoms with Crippen molar-refractivity contribution in [1.29, 1.82) is 0 Å². The monoisotopic (exact) mass is 436 g/mol. The molecule has 0 unspecified atom stereocenters. The fourth-order valence-corrected chi connectivity index (χ4v) is 4.00. The zero-order valence-corrected chi connectivity index (χ0v) is 17.8. The molecule has 0 saturated carbocycles. The summed E-state index contributed by atoms with van der Waals surface area (Å²) in [4.78, 5) is 27.5. The zero-order valence-electron chi connectivity index (χ0n) is 17.1. The van der Waals surface area contributed by atoms with Gasteiger partial charge in [0.15, 0.2) is 0 Å². The predicted octanol–water partition coefficient (Wildman–Crippen LogP) is 5.81. The van der Waals surface area contributed by atoms with Crippen LogP contribution in [0.3, 0.4) is 0 Å². The van der Waals surface area contributed by atoms with Crippen molar-refractivity contribution < 1.29 is 14.0 Å². The molecule has 0 aliphatic carbocycles. The quantitative estimate of drug-likeness (QED) is 0.560. The molecule has 31 heavy (non-hydrogen) atoms. The summed E-state index contributed by atoms with van der Waals surface area (Å²) < 4.78 is 13.1. The summed E-state index contributed by atoms with van der Waals surface area (Å²) in [5.74, 6) is -1.00. The van der Waals surface area contributed by atoms with Crippen molar-refractivity contribution in [2.45, 2.75) is 25.7 Å². The van der Waals surface area contributed by atoms with Crippen LogP contribution in [0.1, 0.15) is 40.7 Å². The Balaban J connectivity index is 1.54. The van der Waals surface area contributed by atoms with E-state index >= 15 is 0 Å². The summed E-state index contributed by atoms with van der Waals surface area (Å²) >= 11 is 6.05. The molecule has 6 heteroatoms. The summed E-state index contributed by atoms with van der Waals surface area (Å²) in [6, 6.07) is 18.4. The molecule has 1 N–H and O–H groups in total. The molecule has 0 bridgehead atoms. The summed E-state index contributed by atoms with van der Waals surface area (Å²) in [6.45, 7) is 2.47. The molecule has 3 aromatic rings. The molecule has 1 atom stereocenters. The molecular weight excluding hydrogens is 415 g/mol. The van der Waals surface area contributed by atoms with Gasteiger partial charge in [-0.3, -0.25) is 9.59 Å². The van der Waals surface area contributed by atoms with E-state index in [0.29, 0.717) is 22.8 Å². The lowest BCUT2D eigenvalue weighted by atomic mass is 9.93. The summed E-state index contributed by atoms with van der Waals surface area (Å²) in [6.07, 6.45) is 1.69. The highest BCUT2D eigenvalue weighted by Crippen LogP contribution is 2.32. The number of carbonyl (C=O) groups is 2. The van der Waals surface area contributed by atoms with Crippen molar-refractivity contribution in [3.05, 3.63) is 94.3 Å². The second-order valence-corrected chi connectivity index (χ2v) is 8.11. The van der Waals surface area contributed by atoms with Gasteiger partial charge in [-0.25, -0.2) is 4.39 Å². The molecule has 4 rings (SSSR count). The molecule has 0 aromatic heterocycles. The lowest BCUT2D eigenvalue weighted by molar-refractivity contribution is -0.117. The molecule has 1 aliphatic heterocycles. The highest BCUT2D eigenvalue weighted by Gasteiger charge is 2.25. The lowest BCUT2D eigenvalue weighted by Gasteiger charge is -2.30. The van der Waals surface area contributed by atoms with Crippen LogP contribution in [0.25, 0.3) is 0 Å². The molecule has 158 valence electrons. The van der Waals surface area contributed by atoms with Gasteiger partial charge in [-0.15, -0.1) is 0 Å². The number of nitrogens with zero attached hydrogens (tertiary/aromatic N) is 1. The number of fused-ring (bicyclic) bond motifs is 1. The van der Waals surface area contributed by atoms with Crippen LogP contribution in [0.4, 0.5) is 15.8 Å². The number of rotatable bonds is 4. The van der Waals surface area contributed by atoms with Crippen LogP contribution < -0.4 is 10.2 Å². The van der Waals surface area contributed by atoms with Crippen molar-refractivity contribution in [1.82, 2.24) is 0 Å². The van der Waals surface area contributed by atoms with Gasteiger partial charge in [0.1, 0.15) is 5.82 Å². The number of anilines is 2. The van der Waals surface area contributed by atoms with E-state index in [1.807, 2.05) is 25.1 Å². The average Bonchev–Trinajstić information content (AvgIpc) is 2.78. The largest absolute Gasteiger partial charge is 0.326 e. The van der Waals surface area contributed by atoms with E-state index in [4.69, 9.17) is 11.6 Å². The van der Waals surface area contributed by atoms with Crippen molar-refractivity contribution >= 4 is 34.8 Å².